The van der Waals surface area contributed by atoms with Gasteiger partial charge in [0.2, 0.25) is 0 Å². The van der Waals surface area contributed by atoms with Crippen molar-refractivity contribution in [2.45, 2.75) is 26.0 Å². The lowest BCUT2D eigenvalue weighted by Gasteiger charge is -2.26. The Morgan fingerprint density at radius 3 is 2.38 bits per heavy atom. The number of methoxy groups -OCH3 is 1. The normalized spacial score (nSPS) is 13.7. The van der Waals surface area contributed by atoms with E-state index in [1.54, 1.807) is 7.11 Å². The summed E-state index contributed by atoms with van der Waals surface area (Å²) in [4.78, 5) is 0. The Kier molecular flexibility index (Phi) is 5.37. The third-order valence-electron chi connectivity index (χ3n) is 3.64. The van der Waals surface area contributed by atoms with Crippen LogP contribution in [0.3, 0.4) is 0 Å². The van der Waals surface area contributed by atoms with E-state index in [4.69, 9.17) is 15.2 Å². The third-order valence-corrected chi connectivity index (χ3v) is 3.64. The van der Waals surface area contributed by atoms with Crippen molar-refractivity contribution in [3.63, 3.8) is 0 Å². The van der Waals surface area contributed by atoms with Gasteiger partial charge in [0.05, 0.1) is 13.2 Å². The molecular weight excluding hydrogens is 262 g/mol. The van der Waals surface area contributed by atoms with Gasteiger partial charge < -0.3 is 15.2 Å². The number of hydrogen-bond donors (Lipinski definition) is 1. The van der Waals surface area contributed by atoms with Crippen LogP contribution in [-0.4, -0.2) is 13.7 Å². The van der Waals surface area contributed by atoms with Gasteiger partial charge in [-0.3, -0.25) is 0 Å². The molecule has 0 heterocycles. The van der Waals surface area contributed by atoms with Gasteiger partial charge in [-0.1, -0.05) is 36.4 Å². The van der Waals surface area contributed by atoms with E-state index in [2.05, 4.69) is 12.1 Å². The van der Waals surface area contributed by atoms with Gasteiger partial charge in [0.15, 0.2) is 0 Å². The molecule has 0 saturated heterocycles. The lowest BCUT2D eigenvalue weighted by Crippen LogP contribution is -2.23. The first-order chi connectivity index (χ1) is 10.2. The van der Waals surface area contributed by atoms with Crippen molar-refractivity contribution in [2.24, 2.45) is 5.73 Å². The molecule has 0 amide bonds. The molecule has 2 N–H and O–H groups in total. The molecular formula is C18H23NO2. The van der Waals surface area contributed by atoms with Gasteiger partial charge in [-0.2, -0.15) is 0 Å². The van der Waals surface area contributed by atoms with Gasteiger partial charge in [0, 0.05) is 6.61 Å². The largest absolute Gasteiger partial charge is 0.497 e. The smallest absolute Gasteiger partial charge is 0.119 e. The van der Waals surface area contributed by atoms with Crippen LogP contribution in [0.4, 0.5) is 0 Å². The molecule has 3 heteroatoms. The molecule has 0 fully saturated rings. The monoisotopic (exact) mass is 285 g/mol. The van der Waals surface area contributed by atoms with E-state index < -0.39 is 0 Å². The fraction of sp³-hybridized carbons (Fsp3) is 0.333. The van der Waals surface area contributed by atoms with Crippen LogP contribution in [0.1, 0.15) is 35.8 Å². The summed E-state index contributed by atoms with van der Waals surface area (Å²) >= 11 is 0. The predicted octanol–water partition coefficient (Wildman–Crippen LogP) is 3.78. The molecule has 2 atom stereocenters. The molecule has 2 aromatic rings. The van der Waals surface area contributed by atoms with E-state index in [-0.39, 0.29) is 12.1 Å². The summed E-state index contributed by atoms with van der Waals surface area (Å²) in [5.74, 6) is 0.844. The number of hydrogen-bond acceptors (Lipinski definition) is 3. The summed E-state index contributed by atoms with van der Waals surface area (Å²) in [6.45, 7) is 4.66. The van der Waals surface area contributed by atoms with Crippen LogP contribution in [0, 0.1) is 6.92 Å². The topological polar surface area (TPSA) is 44.5 Å². The van der Waals surface area contributed by atoms with E-state index in [0.29, 0.717) is 6.61 Å². The molecule has 0 aliphatic carbocycles. The molecule has 2 rings (SSSR count). The molecule has 0 aliphatic rings. The SMILES string of the molecule is CCOC(c1ccccc1)C(N)c1ccc(OC)cc1C. The standard InChI is InChI=1S/C18H23NO2/c1-4-21-18(14-8-6-5-7-9-14)17(19)16-11-10-15(20-3)12-13(16)2/h5-12,17-18H,4,19H2,1-3H3. The van der Waals surface area contributed by atoms with Gasteiger partial charge in [0.1, 0.15) is 11.9 Å². The molecule has 0 bridgehead atoms. The van der Waals surface area contributed by atoms with Gasteiger partial charge >= 0.3 is 0 Å². The Morgan fingerprint density at radius 1 is 1.10 bits per heavy atom. The number of nitrogens with two attached hydrogens (primary N) is 1. The molecule has 0 saturated carbocycles. The van der Waals surface area contributed by atoms with Gasteiger partial charge in [-0.15, -0.1) is 0 Å². The zero-order chi connectivity index (χ0) is 15.2. The first-order valence-electron chi connectivity index (χ1n) is 7.24. The van der Waals surface area contributed by atoms with Gasteiger partial charge in [-0.25, -0.2) is 0 Å². The maximum Gasteiger partial charge on any atom is 0.119 e. The average Bonchev–Trinajstić information content (AvgIpc) is 2.52. The maximum absolute atomic E-state index is 6.48. The Morgan fingerprint density at radius 2 is 1.81 bits per heavy atom. The average molecular weight is 285 g/mol. The number of rotatable bonds is 6. The van der Waals surface area contributed by atoms with Crippen molar-refractivity contribution < 1.29 is 9.47 Å². The molecule has 2 aromatic carbocycles. The Labute approximate surface area is 126 Å². The molecule has 112 valence electrons. The van der Waals surface area contributed by atoms with Crippen LogP contribution >= 0.6 is 0 Å². The minimum Gasteiger partial charge on any atom is -0.497 e. The van der Waals surface area contributed by atoms with E-state index in [1.165, 1.54) is 0 Å². The summed E-state index contributed by atoms with van der Waals surface area (Å²) < 4.78 is 11.1. The Bertz CT molecular complexity index is 569. The lowest BCUT2D eigenvalue weighted by atomic mass is 9.93. The van der Waals surface area contributed by atoms with E-state index >= 15 is 0 Å². The van der Waals surface area contributed by atoms with Gasteiger partial charge in [-0.05, 0) is 42.7 Å². The van der Waals surface area contributed by atoms with Crippen LogP contribution in [0.5, 0.6) is 5.75 Å². The van der Waals surface area contributed by atoms with Crippen LogP contribution < -0.4 is 10.5 Å². The van der Waals surface area contributed by atoms with Crippen molar-refractivity contribution in [3.05, 3.63) is 65.2 Å². The minimum absolute atomic E-state index is 0.150. The summed E-state index contributed by atoms with van der Waals surface area (Å²) in [5.41, 5.74) is 9.78. The molecule has 0 aromatic heterocycles. The van der Waals surface area contributed by atoms with E-state index in [9.17, 15) is 0 Å². The molecule has 2 unspecified atom stereocenters. The molecule has 21 heavy (non-hydrogen) atoms. The Hall–Kier alpha value is -1.84. The quantitative estimate of drug-likeness (QED) is 0.878. The van der Waals surface area contributed by atoms with Crippen molar-refractivity contribution in [2.75, 3.05) is 13.7 Å². The van der Waals surface area contributed by atoms with Crippen LogP contribution in [-0.2, 0) is 4.74 Å². The zero-order valence-corrected chi connectivity index (χ0v) is 12.9. The number of benzene rings is 2. The molecule has 0 radical (unpaired) electrons. The second-order valence-electron chi connectivity index (χ2n) is 5.03. The van der Waals surface area contributed by atoms with Crippen molar-refractivity contribution in [1.82, 2.24) is 0 Å². The summed E-state index contributed by atoms with van der Waals surface area (Å²) in [6.07, 6.45) is -0.150. The van der Waals surface area contributed by atoms with Crippen LogP contribution in [0.25, 0.3) is 0 Å². The fourth-order valence-electron chi connectivity index (χ4n) is 2.54. The predicted molar refractivity (Wildman–Crippen MR) is 85.5 cm³/mol. The first kappa shape index (κ1) is 15.5. The summed E-state index contributed by atoms with van der Waals surface area (Å²) in [6, 6.07) is 15.9. The second kappa shape index (κ2) is 7.25. The van der Waals surface area contributed by atoms with Crippen molar-refractivity contribution in [1.29, 1.82) is 0 Å². The van der Waals surface area contributed by atoms with E-state index in [1.807, 2.05) is 50.2 Å². The Balaban J connectivity index is 2.32. The molecule has 0 spiro atoms. The van der Waals surface area contributed by atoms with E-state index in [0.717, 1.165) is 22.4 Å². The second-order valence-corrected chi connectivity index (χ2v) is 5.03. The highest BCUT2D eigenvalue weighted by Gasteiger charge is 2.23. The highest BCUT2D eigenvalue weighted by molar-refractivity contribution is 5.38. The number of ether oxygens (including phenoxy) is 2. The number of aryl methyl sites for hydroxylation is 1. The lowest BCUT2D eigenvalue weighted by molar-refractivity contribution is 0.0428. The molecule has 3 nitrogen and oxygen atoms in total. The highest BCUT2D eigenvalue weighted by atomic mass is 16.5. The summed E-state index contributed by atoms with van der Waals surface area (Å²) in [5, 5.41) is 0. The third kappa shape index (κ3) is 3.63. The fourth-order valence-corrected chi connectivity index (χ4v) is 2.54. The van der Waals surface area contributed by atoms with Crippen molar-refractivity contribution >= 4 is 0 Å². The molecule has 0 aliphatic heterocycles. The minimum atomic E-state index is -0.210. The maximum atomic E-state index is 6.48. The van der Waals surface area contributed by atoms with Crippen molar-refractivity contribution in [3.8, 4) is 5.75 Å². The van der Waals surface area contributed by atoms with Gasteiger partial charge in [0.25, 0.3) is 0 Å². The van der Waals surface area contributed by atoms with Crippen LogP contribution in [0.15, 0.2) is 48.5 Å². The summed E-state index contributed by atoms with van der Waals surface area (Å²) in [7, 11) is 1.67. The zero-order valence-electron chi connectivity index (χ0n) is 12.9. The highest BCUT2D eigenvalue weighted by Crippen LogP contribution is 2.32. The van der Waals surface area contributed by atoms with Crippen LogP contribution in [0.2, 0.25) is 0 Å². The first-order valence-corrected chi connectivity index (χ1v) is 7.24.